The van der Waals surface area contributed by atoms with E-state index >= 15 is 0 Å². The quantitative estimate of drug-likeness (QED) is 0.668. The van der Waals surface area contributed by atoms with Crippen LogP contribution in [0, 0.1) is 0 Å². The number of pyridine rings is 1. The molecular weight excluding hydrogens is 376 g/mol. The second-order valence-corrected chi connectivity index (χ2v) is 7.29. The highest BCUT2D eigenvalue weighted by atomic mass is 35.5. The lowest BCUT2D eigenvalue weighted by molar-refractivity contribution is -0.140. The minimum Gasteiger partial charge on any atom is -0.470 e. The van der Waals surface area contributed by atoms with E-state index in [1.807, 2.05) is 53.4 Å². The summed E-state index contributed by atoms with van der Waals surface area (Å²) in [5, 5.41) is 0.472. The first-order chi connectivity index (χ1) is 13.7. The van der Waals surface area contributed by atoms with Gasteiger partial charge in [0.25, 0.3) is 0 Å². The van der Waals surface area contributed by atoms with Gasteiger partial charge in [-0.3, -0.25) is 4.79 Å². The maximum Gasteiger partial charge on any atom is 0.235 e. The van der Waals surface area contributed by atoms with E-state index in [9.17, 15) is 4.79 Å². The fourth-order valence-corrected chi connectivity index (χ4v) is 3.83. The highest BCUT2D eigenvalue weighted by Gasteiger charge is 2.40. The summed E-state index contributed by atoms with van der Waals surface area (Å²) >= 11 is 6.10. The SMILES string of the molecule is O=C(C1c2ccccc2Oc2ccccc21)N1CC(Oc2ncccc2Cl)C1. The molecule has 1 aromatic heterocycles. The van der Waals surface area contributed by atoms with Crippen molar-refractivity contribution in [2.45, 2.75) is 12.0 Å². The molecular formula is C22H17ClN2O3. The van der Waals surface area contributed by atoms with Crippen LogP contribution in [0.1, 0.15) is 17.0 Å². The number of nitrogens with zero attached hydrogens (tertiary/aromatic N) is 2. The van der Waals surface area contributed by atoms with E-state index in [1.54, 1.807) is 18.3 Å². The number of hydrogen-bond donors (Lipinski definition) is 0. The number of halogens is 1. The smallest absolute Gasteiger partial charge is 0.235 e. The van der Waals surface area contributed by atoms with Gasteiger partial charge >= 0.3 is 0 Å². The van der Waals surface area contributed by atoms with Gasteiger partial charge in [-0.15, -0.1) is 0 Å². The Morgan fingerprint density at radius 2 is 1.64 bits per heavy atom. The molecule has 3 aromatic rings. The number of aromatic nitrogens is 1. The molecule has 0 spiro atoms. The highest BCUT2D eigenvalue weighted by molar-refractivity contribution is 6.31. The van der Waals surface area contributed by atoms with Crippen molar-refractivity contribution in [2.75, 3.05) is 13.1 Å². The normalized spacial score (nSPS) is 15.8. The minimum atomic E-state index is -0.375. The molecule has 0 aliphatic carbocycles. The number of ether oxygens (including phenoxy) is 2. The molecule has 1 amide bonds. The van der Waals surface area contributed by atoms with Gasteiger partial charge in [0.1, 0.15) is 22.6 Å². The Morgan fingerprint density at radius 3 is 2.29 bits per heavy atom. The number of likely N-dealkylation sites (tertiary alicyclic amines) is 1. The maximum atomic E-state index is 13.3. The first kappa shape index (κ1) is 17.1. The highest BCUT2D eigenvalue weighted by Crippen LogP contribution is 2.45. The number of fused-ring (bicyclic) bond motifs is 2. The molecule has 0 radical (unpaired) electrons. The molecule has 1 fully saturated rings. The molecule has 2 aliphatic rings. The van der Waals surface area contributed by atoms with Crippen molar-refractivity contribution in [3.05, 3.63) is 83.0 Å². The zero-order chi connectivity index (χ0) is 19.1. The molecule has 3 heterocycles. The minimum absolute atomic E-state index is 0.0511. The van der Waals surface area contributed by atoms with E-state index in [0.717, 1.165) is 22.6 Å². The van der Waals surface area contributed by atoms with E-state index in [0.29, 0.717) is 24.0 Å². The number of hydrogen-bond acceptors (Lipinski definition) is 4. The van der Waals surface area contributed by atoms with Crippen LogP contribution in [-0.2, 0) is 4.79 Å². The fraction of sp³-hybridized carbons (Fsp3) is 0.182. The number of carbonyl (C=O) groups excluding carboxylic acids is 1. The Labute approximate surface area is 167 Å². The van der Waals surface area contributed by atoms with E-state index in [4.69, 9.17) is 21.1 Å². The lowest BCUT2D eigenvalue weighted by atomic mass is 9.86. The summed E-state index contributed by atoms with van der Waals surface area (Å²) in [6.45, 7) is 1.01. The first-order valence-corrected chi connectivity index (χ1v) is 9.50. The number of rotatable bonds is 3. The van der Waals surface area contributed by atoms with Gasteiger partial charge in [0.15, 0.2) is 0 Å². The third-order valence-electron chi connectivity index (χ3n) is 5.09. The molecule has 2 aliphatic heterocycles. The van der Waals surface area contributed by atoms with Crippen LogP contribution >= 0.6 is 11.6 Å². The zero-order valence-electron chi connectivity index (χ0n) is 14.9. The Kier molecular flexibility index (Phi) is 4.17. The van der Waals surface area contributed by atoms with E-state index < -0.39 is 0 Å². The Bertz CT molecular complexity index is 1000. The van der Waals surface area contributed by atoms with Gasteiger partial charge in [-0.25, -0.2) is 4.98 Å². The van der Waals surface area contributed by atoms with Gasteiger partial charge in [0.05, 0.1) is 19.0 Å². The van der Waals surface area contributed by atoms with E-state index in [-0.39, 0.29) is 17.9 Å². The van der Waals surface area contributed by atoms with Gasteiger partial charge in [-0.2, -0.15) is 0 Å². The number of amides is 1. The zero-order valence-corrected chi connectivity index (χ0v) is 15.7. The molecule has 6 heteroatoms. The molecule has 0 saturated carbocycles. The summed E-state index contributed by atoms with van der Waals surface area (Å²) in [7, 11) is 0. The van der Waals surface area contributed by atoms with Crippen molar-refractivity contribution in [2.24, 2.45) is 0 Å². The molecule has 1 saturated heterocycles. The molecule has 0 N–H and O–H groups in total. The largest absolute Gasteiger partial charge is 0.470 e. The summed E-state index contributed by atoms with van der Waals surface area (Å²) in [4.78, 5) is 19.3. The van der Waals surface area contributed by atoms with Crippen molar-refractivity contribution in [3.63, 3.8) is 0 Å². The first-order valence-electron chi connectivity index (χ1n) is 9.12. The third kappa shape index (κ3) is 2.88. The average molecular weight is 393 g/mol. The van der Waals surface area contributed by atoms with Crippen LogP contribution in [0.3, 0.4) is 0 Å². The van der Waals surface area contributed by atoms with Crippen LogP contribution in [0.2, 0.25) is 5.02 Å². The molecule has 140 valence electrons. The van der Waals surface area contributed by atoms with Gasteiger partial charge < -0.3 is 14.4 Å². The van der Waals surface area contributed by atoms with Crippen molar-refractivity contribution in [1.82, 2.24) is 9.88 Å². The maximum absolute atomic E-state index is 13.3. The van der Waals surface area contributed by atoms with Crippen LogP contribution in [0.5, 0.6) is 17.4 Å². The number of benzene rings is 2. The second-order valence-electron chi connectivity index (χ2n) is 6.88. The Hall–Kier alpha value is -3.05. The van der Waals surface area contributed by atoms with Gasteiger partial charge in [-0.05, 0) is 24.3 Å². The summed E-state index contributed by atoms with van der Waals surface area (Å²) in [6, 6.07) is 18.9. The molecule has 5 rings (SSSR count). The summed E-state index contributed by atoms with van der Waals surface area (Å²) < 4.78 is 11.8. The molecule has 2 aromatic carbocycles. The molecule has 0 atom stereocenters. The van der Waals surface area contributed by atoms with Gasteiger partial charge in [-0.1, -0.05) is 48.0 Å². The summed E-state index contributed by atoms with van der Waals surface area (Å²) in [5.41, 5.74) is 1.78. The lowest BCUT2D eigenvalue weighted by Gasteiger charge is -2.41. The second kappa shape index (κ2) is 6.84. The summed E-state index contributed by atoms with van der Waals surface area (Å²) in [5.74, 6) is 1.54. The summed E-state index contributed by atoms with van der Waals surface area (Å²) in [6.07, 6.45) is 1.53. The van der Waals surface area contributed by atoms with Crippen LogP contribution < -0.4 is 9.47 Å². The van der Waals surface area contributed by atoms with E-state index in [1.165, 1.54) is 0 Å². The fourth-order valence-electron chi connectivity index (χ4n) is 3.67. The predicted octanol–water partition coefficient (Wildman–Crippen LogP) is 4.26. The van der Waals surface area contributed by atoms with Gasteiger partial charge in [0.2, 0.25) is 11.8 Å². The number of para-hydroxylation sites is 2. The molecule has 28 heavy (non-hydrogen) atoms. The monoisotopic (exact) mass is 392 g/mol. The Morgan fingerprint density at radius 1 is 1.00 bits per heavy atom. The van der Waals surface area contributed by atoms with Crippen molar-refractivity contribution in [3.8, 4) is 17.4 Å². The van der Waals surface area contributed by atoms with Crippen LogP contribution in [0.25, 0.3) is 0 Å². The molecule has 0 bridgehead atoms. The van der Waals surface area contributed by atoms with E-state index in [2.05, 4.69) is 4.98 Å². The molecule has 0 unspecified atom stereocenters. The topological polar surface area (TPSA) is 51.7 Å². The third-order valence-corrected chi connectivity index (χ3v) is 5.38. The van der Waals surface area contributed by atoms with Crippen molar-refractivity contribution < 1.29 is 14.3 Å². The Balaban J connectivity index is 1.36. The van der Waals surface area contributed by atoms with Crippen LogP contribution in [0.4, 0.5) is 0 Å². The van der Waals surface area contributed by atoms with Crippen LogP contribution in [-0.4, -0.2) is 35.0 Å². The van der Waals surface area contributed by atoms with Crippen molar-refractivity contribution in [1.29, 1.82) is 0 Å². The van der Waals surface area contributed by atoms with Crippen LogP contribution in [0.15, 0.2) is 66.9 Å². The number of carbonyl (C=O) groups is 1. The predicted molar refractivity (Wildman–Crippen MR) is 105 cm³/mol. The molecule has 5 nitrogen and oxygen atoms in total. The lowest BCUT2D eigenvalue weighted by Crippen LogP contribution is -2.57. The van der Waals surface area contributed by atoms with Crippen molar-refractivity contribution >= 4 is 17.5 Å². The standard InChI is InChI=1S/C22H17ClN2O3/c23-17-8-5-11-24-21(17)27-14-12-25(13-14)22(26)20-15-6-1-3-9-18(15)28-19-10-4-2-7-16(19)20/h1-11,14,20H,12-13H2. The van der Waals surface area contributed by atoms with Gasteiger partial charge in [0, 0.05) is 17.3 Å². The average Bonchev–Trinajstić information content (AvgIpc) is 2.69.